The van der Waals surface area contributed by atoms with Crippen LogP contribution in [0.3, 0.4) is 0 Å². The average Bonchev–Trinajstić information content (AvgIpc) is 2.66. The van der Waals surface area contributed by atoms with E-state index in [1.807, 2.05) is 0 Å². The first-order valence-electron chi connectivity index (χ1n) is 7.97. The van der Waals surface area contributed by atoms with E-state index in [4.69, 9.17) is 0 Å². The summed E-state index contributed by atoms with van der Waals surface area (Å²) in [5.74, 6) is 9.48. The minimum absolute atomic E-state index is 0.0741. The van der Waals surface area contributed by atoms with Gasteiger partial charge in [-0.2, -0.15) is 0 Å². The second-order valence-electron chi connectivity index (χ2n) is 5.79. The molecule has 0 saturated carbocycles. The Balaban J connectivity index is 1.95. The predicted octanol–water partition coefficient (Wildman–Crippen LogP) is 2.72. The highest BCUT2D eigenvalue weighted by Gasteiger charge is 2.07. The molecule has 3 aromatic rings. The minimum atomic E-state index is -0.255. The summed E-state index contributed by atoms with van der Waals surface area (Å²) in [6.07, 6.45) is 0. The van der Waals surface area contributed by atoms with E-state index in [0.29, 0.717) is 0 Å². The van der Waals surface area contributed by atoms with Crippen LogP contribution in [0.1, 0.15) is 22.3 Å². The van der Waals surface area contributed by atoms with Gasteiger partial charge in [-0.25, -0.2) is 0 Å². The summed E-state index contributed by atoms with van der Waals surface area (Å²) in [5.41, 5.74) is 0.487. The van der Waals surface area contributed by atoms with E-state index >= 15 is 0 Å². The van der Waals surface area contributed by atoms with Crippen LogP contribution in [0.25, 0.3) is 0 Å². The quantitative estimate of drug-likeness (QED) is 0.266. The lowest BCUT2D eigenvalue weighted by Gasteiger charge is -2.02. The smallest absolute Gasteiger partial charge is 0.132 e. The van der Waals surface area contributed by atoms with Gasteiger partial charge in [-0.3, -0.25) is 0 Å². The van der Waals surface area contributed by atoms with Crippen molar-refractivity contribution >= 4 is 0 Å². The number of rotatable bonds is 0. The molecule has 0 saturated heterocycles. The highest BCUT2D eigenvalue weighted by atomic mass is 16.3. The van der Waals surface area contributed by atoms with Crippen LogP contribution in [0.2, 0.25) is 0 Å². The Morgan fingerprint density at radius 1 is 0.393 bits per heavy atom. The summed E-state index contributed by atoms with van der Waals surface area (Å²) in [7, 11) is 0. The lowest BCUT2D eigenvalue weighted by atomic mass is 10.1. The second-order valence-corrected chi connectivity index (χ2v) is 5.79. The number of phenolic OH excluding ortho intramolecular Hbond substituents is 6. The first-order chi connectivity index (χ1) is 13.3. The maximum absolute atomic E-state index is 10.1. The molecule has 0 radical (unpaired) electrons. The fourth-order valence-electron chi connectivity index (χ4n) is 2.29. The van der Waals surface area contributed by atoms with Gasteiger partial charge in [0.25, 0.3) is 0 Å². The van der Waals surface area contributed by atoms with Gasteiger partial charge in [-0.1, -0.05) is 23.7 Å². The zero-order chi connectivity index (χ0) is 20.3. The van der Waals surface area contributed by atoms with Crippen molar-refractivity contribution in [2.24, 2.45) is 0 Å². The third-order valence-corrected chi connectivity index (χ3v) is 3.74. The molecule has 0 spiro atoms. The Kier molecular flexibility index (Phi) is 4.89. The predicted molar refractivity (Wildman–Crippen MR) is 101 cm³/mol. The van der Waals surface area contributed by atoms with E-state index in [1.54, 1.807) is 0 Å². The van der Waals surface area contributed by atoms with E-state index in [9.17, 15) is 30.6 Å². The fourth-order valence-corrected chi connectivity index (χ4v) is 2.29. The third-order valence-electron chi connectivity index (χ3n) is 3.74. The molecule has 0 aliphatic carbocycles. The lowest BCUT2D eigenvalue weighted by molar-refractivity contribution is 0.457. The number of aromatic hydroxyl groups is 6. The van der Waals surface area contributed by atoms with Crippen molar-refractivity contribution in [3.05, 3.63) is 70.8 Å². The van der Waals surface area contributed by atoms with Crippen molar-refractivity contribution in [2.45, 2.75) is 0 Å². The molecule has 6 nitrogen and oxygen atoms in total. The van der Waals surface area contributed by atoms with Gasteiger partial charge in [0, 0.05) is 12.1 Å². The van der Waals surface area contributed by atoms with Crippen molar-refractivity contribution in [1.29, 1.82) is 0 Å². The van der Waals surface area contributed by atoms with Crippen molar-refractivity contribution in [1.82, 2.24) is 0 Å². The van der Waals surface area contributed by atoms with Gasteiger partial charge in [0.1, 0.15) is 34.5 Å². The molecule has 28 heavy (non-hydrogen) atoms. The van der Waals surface area contributed by atoms with Crippen molar-refractivity contribution < 1.29 is 30.6 Å². The van der Waals surface area contributed by atoms with Crippen LogP contribution in [0, 0.1) is 23.7 Å². The Bertz CT molecular complexity index is 1090. The molecule has 6 N–H and O–H groups in total. The molecule has 0 heterocycles. The molecule has 0 aliphatic heterocycles. The number of phenols is 6. The van der Waals surface area contributed by atoms with Crippen LogP contribution in [0.15, 0.2) is 48.5 Å². The molecule has 3 rings (SSSR count). The number of hydrogen-bond donors (Lipinski definition) is 6. The Hall–Kier alpha value is -4.42. The molecule has 138 valence electrons. The number of hydrogen-bond acceptors (Lipinski definition) is 6. The summed E-state index contributed by atoms with van der Waals surface area (Å²) in [5, 5.41) is 58.6. The van der Waals surface area contributed by atoms with E-state index in [0.717, 1.165) is 0 Å². The van der Waals surface area contributed by atoms with Crippen LogP contribution >= 0.6 is 0 Å². The van der Waals surface area contributed by atoms with Crippen molar-refractivity contribution in [3.8, 4) is 58.2 Å². The van der Waals surface area contributed by atoms with Gasteiger partial charge in [0.15, 0.2) is 0 Å². The Labute approximate surface area is 160 Å². The molecule has 0 atom stereocenters. The molecule has 6 heteroatoms. The van der Waals surface area contributed by atoms with Crippen molar-refractivity contribution in [2.75, 3.05) is 0 Å². The fraction of sp³-hybridized carbons (Fsp3) is 0. The largest absolute Gasteiger partial charge is 0.508 e. The minimum Gasteiger partial charge on any atom is -0.508 e. The highest BCUT2D eigenvalue weighted by Crippen LogP contribution is 2.27. The summed E-state index contributed by atoms with van der Waals surface area (Å²) in [4.78, 5) is 0. The Morgan fingerprint density at radius 2 is 0.714 bits per heavy atom. The van der Waals surface area contributed by atoms with Gasteiger partial charge < -0.3 is 30.6 Å². The first kappa shape index (κ1) is 18.4. The molecule has 3 aromatic carbocycles. The average molecular weight is 374 g/mol. The summed E-state index contributed by atoms with van der Waals surface area (Å²) < 4.78 is 0. The maximum Gasteiger partial charge on any atom is 0.132 e. The van der Waals surface area contributed by atoms with Gasteiger partial charge in [0.2, 0.25) is 0 Å². The summed E-state index contributed by atoms with van der Waals surface area (Å²) in [6.45, 7) is 0. The summed E-state index contributed by atoms with van der Waals surface area (Å²) in [6, 6.07) is 10.1. The van der Waals surface area contributed by atoms with Gasteiger partial charge >= 0.3 is 0 Å². The molecular weight excluding hydrogens is 360 g/mol. The van der Waals surface area contributed by atoms with E-state index in [1.165, 1.54) is 48.5 Å². The highest BCUT2D eigenvalue weighted by molar-refractivity contribution is 5.61. The van der Waals surface area contributed by atoms with Crippen molar-refractivity contribution in [3.63, 3.8) is 0 Å². The van der Waals surface area contributed by atoms with Crippen LogP contribution < -0.4 is 0 Å². The van der Waals surface area contributed by atoms with Crippen LogP contribution in [0.5, 0.6) is 34.5 Å². The molecule has 0 bridgehead atoms. The third kappa shape index (κ3) is 4.04. The van der Waals surface area contributed by atoms with E-state index in [-0.39, 0.29) is 56.8 Å². The summed E-state index contributed by atoms with van der Waals surface area (Å²) >= 11 is 0. The maximum atomic E-state index is 10.1. The normalized spacial score (nSPS) is 9.71. The lowest BCUT2D eigenvalue weighted by Crippen LogP contribution is -1.84. The molecule has 0 unspecified atom stereocenters. The Morgan fingerprint density at radius 3 is 1.07 bits per heavy atom. The molecule has 0 fully saturated rings. The standard InChI is InChI=1S/C22H14O6/c23-17-5-7-19(25)13(9-17)1-3-15-11-22(28)16(12-21(15)27)4-2-14-10-18(24)6-8-20(14)26/h5-12,23-28H. The molecular formula is C22H14O6. The SMILES string of the molecule is Oc1ccc(O)c(C#Cc2cc(O)c(C#Cc3cc(O)ccc3O)cc2O)c1. The van der Waals surface area contributed by atoms with Crippen LogP contribution in [0.4, 0.5) is 0 Å². The van der Waals surface area contributed by atoms with Gasteiger partial charge in [0.05, 0.1) is 22.3 Å². The van der Waals surface area contributed by atoms with E-state index < -0.39 is 0 Å². The van der Waals surface area contributed by atoms with Crippen LogP contribution in [-0.2, 0) is 0 Å². The molecule has 0 amide bonds. The number of benzene rings is 3. The zero-order valence-corrected chi connectivity index (χ0v) is 14.3. The van der Waals surface area contributed by atoms with Gasteiger partial charge in [-0.15, -0.1) is 0 Å². The van der Waals surface area contributed by atoms with Gasteiger partial charge in [-0.05, 0) is 36.4 Å². The molecule has 0 aromatic heterocycles. The zero-order valence-electron chi connectivity index (χ0n) is 14.3. The first-order valence-corrected chi connectivity index (χ1v) is 7.97. The second kappa shape index (κ2) is 7.45. The topological polar surface area (TPSA) is 121 Å². The van der Waals surface area contributed by atoms with E-state index in [2.05, 4.69) is 23.7 Å². The monoisotopic (exact) mass is 374 g/mol. The molecule has 0 aliphatic rings. The van der Waals surface area contributed by atoms with Crippen LogP contribution in [-0.4, -0.2) is 30.6 Å².